The third-order valence-corrected chi connectivity index (χ3v) is 6.54. The molecule has 2 N–H and O–H groups in total. The van der Waals surface area contributed by atoms with Gasteiger partial charge in [-0.15, -0.1) is 0 Å². The number of carboxylic acids is 1. The molecule has 2 heterocycles. The summed E-state index contributed by atoms with van der Waals surface area (Å²) in [5, 5.41) is 10.5. The number of ether oxygens (including phenoxy) is 3. The lowest BCUT2D eigenvalue weighted by Gasteiger charge is -2.40. The van der Waals surface area contributed by atoms with Crippen molar-refractivity contribution in [2.45, 2.75) is 38.5 Å². The van der Waals surface area contributed by atoms with Crippen molar-refractivity contribution >= 4 is 16.9 Å². The molecule has 7 heteroatoms. The average molecular weight is 453 g/mol. The molecule has 1 aliphatic rings. The number of H-pyrrole nitrogens is 1. The van der Waals surface area contributed by atoms with Crippen molar-refractivity contribution < 1.29 is 24.1 Å². The van der Waals surface area contributed by atoms with Crippen LogP contribution in [-0.2, 0) is 16.0 Å². The highest BCUT2D eigenvalue weighted by atomic mass is 16.5. The van der Waals surface area contributed by atoms with E-state index < -0.39 is 5.97 Å². The Balaban J connectivity index is 1.64. The summed E-state index contributed by atoms with van der Waals surface area (Å²) in [5.74, 6) is -0.0277. The predicted molar refractivity (Wildman–Crippen MR) is 127 cm³/mol. The second kappa shape index (κ2) is 10.4. The van der Waals surface area contributed by atoms with Gasteiger partial charge in [0.15, 0.2) is 0 Å². The Hall–Kier alpha value is -2.87. The van der Waals surface area contributed by atoms with Gasteiger partial charge in [0.25, 0.3) is 0 Å². The number of hydrogen-bond acceptors (Lipinski definition) is 5. The zero-order chi connectivity index (χ0) is 23.4. The zero-order valence-corrected chi connectivity index (χ0v) is 19.5. The van der Waals surface area contributed by atoms with Crippen molar-refractivity contribution in [1.29, 1.82) is 0 Å². The fourth-order valence-corrected chi connectivity index (χ4v) is 4.80. The first-order valence-electron chi connectivity index (χ1n) is 11.3. The van der Waals surface area contributed by atoms with Crippen LogP contribution >= 0.6 is 0 Å². The number of aryl methyl sites for hydroxylation is 1. The number of methoxy groups -OCH3 is 2. The lowest BCUT2D eigenvalue weighted by Crippen LogP contribution is -2.39. The van der Waals surface area contributed by atoms with Gasteiger partial charge in [-0.2, -0.15) is 0 Å². The van der Waals surface area contributed by atoms with Gasteiger partial charge in [-0.3, -0.25) is 4.90 Å². The summed E-state index contributed by atoms with van der Waals surface area (Å²) in [6.07, 6.45) is 3.87. The number of carboxylic acid groups (broad SMARTS) is 1. The molecule has 2 atom stereocenters. The van der Waals surface area contributed by atoms with E-state index in [2.05, 4.69) is 28.9 Å². The Kier molecular flexibility index (Phi) is 7.33. The molecule has 4 rings (SSSR count). The van der Waals surface area contributed by atoms with E-state index in [0.29, 0.717) is 18.8 Å². The normalized spacial score (nSPS) is 19.1. The van der Waals surface area contributed by atoms with Crippen molar-refractivity contribution in [3.63, 3.8) is 0 Å². The van der Waals surface area contributed by atoms with E-state index >= 15 is 0 Å². The Bertz CT molecular complexity index is 1090. The number of carbonyl (C=O) groups is 1. The minimum atomic E-state index is -0.915. The number of hydrogen-bond donors (Lipinski definition) is 2. The average Bonchev–Trinajstić information content (AvgIpc) is 3.32. The minimum Gasteiger partial charge on any atom is -0.496 e. The van der Waals surface area contributed by atoms with Gasteiger partial charge in [-0.25, -0.2) is 4.79 Å². The first kappa shape index (κ1) is 23.3. The zero-order valence-electron chi connectivity index (χ0n) is 19.5. The minimum absolute atomic E-state index is 0.106. The molecule has 0 amide bonds. The fraction of sp³-hybridized carbons (Fsp3) is 0.423. The number of nitrogens with one attached hydrogen (secondary N) is 1. The molecule has 1 fully saturated rings. The summed E-state index contributed by atoms with van der Waals surface area (Å²) in [7, 11) is 3.39. The highest BCUT2D eigenvalue weighted by molar-refractivity contribution is 5.88. The van der Waals surface area contributed by atoms with Crippen molar-refractivity contribution in [1.82, 2.24) is 9.88 Å². The summed E-state index contributed by atoms with van der Waals surface area (Å²) in [6.45, 7) is 4.83. The molecule has 0 unspecified atom stereocenters. The van der Waals surface area contributed by atoms with Crippen LogP contribution in [-0.4, -0.2) is 61.0 Å². The van der Waals surface area contributed by atoms with Gasteiger partial charge in [0, 0.05) is 48.9 Å². The van der Waals surface area contributed by atoms with Crippen LogP contribution in [0.4, 0.5) is 0 Å². The number of likely N-dealkylation sites (tertiary alicyclic amines) is 1. The lowest BCUT2D eigenvalue weighted by molar-refractivity contribution is -0.0349. The molecule has 7 nitrogen and oxygen atoms in total. The topological polar surface area (TPSA) is 84.0 Å². The Morgan fingerprint density at radius 3 is 2.67 bits per heavy atom. The summed E-state index contributed by atoms with van der Waals surface area (Å²) in [5.41, 5.74) is 4.83. The second-order valence-corrected chi connectivity index (χ2v) is 8.56. The van der Waals surface area contributed by atoms with Gasteiger partial charge in [-0.1, -0.05) is 12.1 Å². The Morgan fingerprint density at radius 1 is 1.18 bits per heavy atom. The molecule has 0 saturated carbocycles. The smallest absolute Gasteiger partial charge is 0.335 e. The van der Waals surface area contributed by atoms with Gasteiger partial charge in [-0.05, 0) is 55.2 Å². The fourth-order valence-electron chi connectivity index (χ4n) is 4.80. The molecule has 0 spiro atoms. The molecule has 176 valence electrons. The third kappa shape index (κ3) is 5.05. The maximum atomic E-state index is 11.3. The van der Waals surface area contributed by atoms with E-state index in [9.17, 15) is 9.90 Å². The molecule has 0 aliphatic carbocycles. The van der Waals surface area contributed by atoms with Crippen LogP contribution < -0.4 is 4.74 Å². The number of aromatic nitrogens is 1. The van der Waals surface area contributed by atoms with Crippen LogP contribution in [0.2, 0.25) is 0 Å². The predicted octanol–water partition coefficient (Wildman–Crippen LogP) is 4.55. The molecular weight excluding hydrogens is 420 g/mol. The highest BCUT2D eigenvalue weighted by Crippen LogP contribution is 2.37. The number of benzene rings is 2. The second-order valence-electron chi connectivity index (χ2n) is 8.56. The van der Waals surface area contributed by atoms with E-state index in [1.165, 1.54) is 5.39 Å². The van der Waals surface area contributed by atoms with E-state index in [0.717, 1.165) is 53.9 Å². The Labute approximate surface area is 194 Å². The molecule has 1 aliphatic heterocycles. The molecule has 2 aromatic carbocycles. The summed E-state index contributed by atoms with van der Waals surface area (Å²) < 4.78 is 17.0. The molecule has 33 heavy (non-hydrogen) atoms. The van der Waals surface area contributed by atoms with Crippen molar-refractivity contribution in [2.75, 3.05) is 34.0 Å². The van der Waals surface area contributed by atoms with Gasteiger partial charge < -0.3 is 24.3 Å². The van der Waals surface area contributed by atoms with Gasteiger partial charge in [0.2, 0.25) is 0 Å². The van der Waals surface area contributed by atoms with Crippen LogP contribution in [0.1, 0.15) is 45.9 Å². The van der Waals surface area contributed by atoms with Gasteiger partial charge in [0.1, 0.15) is 5.75 Å². The molecule has 1 saturated heterocycles. The van der Waals surface area contributed by atoms with Crippen molar-refractivity contribution in [2.24, 2.45) is 0 Å². The standard InChI is InChI=1S/C26H32N2O5/c1-17-14-24(32-3)22(21-8-10-27-25(17)21)16-28-11-9-20(33-13-12-31-2)15-23(28)18-4-6-19(7-5-18)26(29)30/h4-8,10,14,20,23,27H,9,11-13,15-16H2,1-3H3,(H,29,30)/t20-,23-/m1/s1. The number of nitrogens with zero attached hydrogens (tertiary/aromatic N) is 1. The van der Waals surface area contributed by atoms with Crippen LogP contribution in [0.3, 0.4) is 0 Å². The number of rotatable bonds is 9. The molecule has 0 radical (unpaired) electrons. The maximum absolute atomic E-state index is 11.3. The van der Waals surface area contributed by atoms with Gasteiger partial charge >= 0.3 is 5.97 Å². The number of fused-ring (bicyclic) bond motifs is 1. The number of piperidine rings is 1. The van der Waals surface area contributed by atoms with Crippen LogP contribution in [0.5, 0.6) is 5.75 Å². The number of aromatic amines is 1. The quantitative estimate of drug-likeness (QED) is 0.464. The first-order valence-corrected chi connectivity index (χ1v) is 11.3. The number of aromatic carboxylic acids is 1. The van der Waals surface area contributed by atoms with E-state index in [-0.39, 0.29) is 12.1 Å². The largest absolute Gasteiger partial charge is 0.496 e. The monoisotopic (exact) mass is 452 g/mol. The molecular formula is C26H32N2O5. The van der Waals surface area contributed by atoms with Crippen molar-refractivity contribution in [3.8, 4) is 5.75 Å². The summed E-state index contributed by atoms with van der Waals surface area (Å²) >= 11 is 0. The summed E-state index contributed by atoms with van der Waals surface area (Å²) in [4.78, 5) is 17.1. The molecule has 3 aromatic rings. The van der Waals surface area contributed by atoms with E-state index in [4.69, 9.17) is 14.2 Å². The van der Waals surface area contributed by atoms with Gasteiger partial charge in [0.05, 0.1) is 32.0 Å². The maximum Gasteiger partial charge on any atom is 0.335 e. The highest BCUT2D eigenvalue weighted by Gasteiger charge is 2.31. The van der Waals surface area contributed by atoms with Crippen LogP contribution in [0.15, 0.2) is 42.6 Å². The third-order valence-electron chi connectivity index (χ3n) is 6.54. The molecule has 1 aromatic heterocycles. The van der Waals surface area contributed by atoms with Crippen LogP contribution in [0.25, 0.3) is 10.9 Å². The molecule has 0 bridgehead atoms. The first-order chi connectivity index (χ1) is 16.0. The van der Waals surface area contributed by atoms with Crippen LogP contribution in [0, 0.1) is 6.92 Å². The van der Waals surface area contributed by atoms with Crippen molar-refractivity contribution in [3.05, 3.63) is 64.8 Å². The lowest BCUT2D eigenvalue weighted by atomic mass is 9.91. The SMILES string of the molecule is COCCO[C@@H]1CCN(Cc2c(OC)cc(C)c3[nH]ccc23)[C@@H](c2ccc(C(=O)O)cc2)C1. The van der Waals surface area contributed by atoms with E-state index in [1.54, 1.807) is 26.4 Å². The Morgan fingerprint density at radius 2 is 1.97 bits per heavy atom. The van der Waals surface area contributed by atoms with E-state index in [1.807, 2.05) is 18.3 Å². The summed E-state index contributed by atoms with van der Waals surface area (Å²) in [6, 6.07) is 11.5.